The Morgan fingerprint density at radius 3 is 2.64 bits per heavy atom. The van der Waals surface area contributed by atoms with E-state index < -0.39 is 0 Å². The largest absolute Gasteiger partial charge is 0.392 e. The van der Waals surface area contributed by atoms with Crippen molar-refractivity contribution in [2.45, 2.75) is 72.3 Å². The number of rotatable bonds is 2. The van der Waals surface area contributed by atoms with Crippen molar-refractivity contribution in [3.8, 4) is 0 Å². The van der Waals surface area contributed by atoms with Crippen LogP contribution in [0.4, 0.5) is 0 Å². The maximum atomic E-state index is 10.8. The predicted octanol–water partition coefficient (Wildman–Crippen LogP) is 4.23. The first-order valence-electron chi connectivity index (χ1n) is 9.09. The van der Waals surface area contributed by atoms with Crippen molar-refractivity contribution in [2.75, 3.05) is 6.61 Å². The molecule has 0 amide bonds. The van der Waals surface area contributed by atoms with Gasteiger partial charge in [0.15, 0.2) is 0 Å². The van der Waals surface area contributed by atoms with Crippen LogP contribution in [-0.4, -0.2) is 22.9 Å². The van der Waals surface area contributed by atoms with Gasteiger partial charge in [-0.15, -0.1) is 0 Å². The Bertz CT molecular complexity index is 514. The highest BCUT2D eigenvalue weighted by Crippen LogP contribution is 2.56. The second-order valence-electron chi connectivity index (χ2n) is 8.46. The zero-order chi connectivity index (χ0) is 16.1. The summed E-state index contributed by atoms with van der Waals surface area (Å²) in [7, 11) is 0. The lowest BCUT2D eigenvalue weighted by Crippen LogP contribution is -2.33. The molecule has 0 aliphatic heterocycles. The summed E-state index contributed by atoms with van der Waals surface area (Å²) in [5.74, 6) is 1.38. The summed E-state index contributed by atoms with van der Waals surface area (Å²) in [6, 6.07) is 0. The van der Waals surface area contributed by atoms with E-state index in [1.807, 2.05) is 0 Å². The Hall–Kier alpha value is -0.600. The molecule has 4 atom stereocenters. The summed E-state index contributed by atoms with van der Waals surface area (Å²) in [5, 5.41) is 20.6. The van der Waals surface area contributed by atoms with Crippen LogP contribution in [-0.2, 0) is 0 Å². The molecule has 3 aliphatic carbocycles. The topological polar surface area (TPSA) is 40.5 Å². The predicted molar refractivity (Wildman–Crippen MR) is 90.4 cm³/mol. The van der Waals surface area contributed by atoms with Crippen molar-refractivity contribution in [1.82, 2.24) is 0 Å². The van der Waals surface area contributed by atoms with Crippen LogP contribution in [0.3, 0.4) is 0 Å². The summed E-state index contributed by atoms with van der Waals surface area (Å²) in [6.07, 6.45) is 6.29. The van der Waals surface area contributed by atoms with Crippen molar-refractivity contribution in [3.63, 3.8) is 0 Å². The molecule has 0 aromatic carbocycles. The third kappa shape index (κ3) is 2.49. The highest BCUT2D eigenvalue weighted by Gasteiger charge is 2.45. The molecule has 0 unspecified atom stereocenters. The van der Waals surface area contributed by atoms with Crippen LogP contribution >= 0.6 is 0 Å². The Morgan fingerprint density at radius 2 is 2.00 bits per heavy atom. The second kappa shape index (κ2) is 5.79. The Labute approximate surface area is 135 Å². The molecule has 3 rings (SSSR count). The van der Waals surface area contributed by atoms with E-state index in [0.29, 0.717) is 17.8 Å². The Kier molecular flexibility index (Phi) is 4.28. The zero-order valence-electron chi connectivity index (χ0n) is 14.7. The average molecular weight is 304 g/mol. The van der Waals surface area contributed by atoms with Gasteiger partial charge in [-0.05, 0) is 67.3 Å². The standard InChI is InChI=1S/C20H32O2/c1-12(2)15-7-8-20(4)10-17-14(11-21)5-6-16(17)13(3)19(22)9-18(15)20/h12-13,16,19,21-22H,5-11H2,1-4H3/t13-,16+,19+,20-/m1/s1. The van der Waals surface area contributed by atoms with E-state index in [2.05, 4.69) is 27.7 Å². The number of aliphatic hydroxyl groups is 2. The molecule has 2 heteroatoms. The molecular weight excluding hydrogens is 272 g/mol. The van der Waals surface area contributed by atoms with Crippen LogP contribution < -0.4 is 0 Å². The lowest BCUT2D eigenvalue weighted by molar-refractivity contribution is 0.0775. The van der Waals surface area contributed by atoms with E-state index in [-0.39, 0.29) is 18.1 Å². The van der Waals surface area contributed by atoms with Crippen LogP contribution in [0.15, 0.2) is 22.3 Å². The highest BCUT2D eigenvalue weighted by atomic mass is 16.3. The molecule has 2 nitrogen and oxygen atoms in total. The second-order valence-corrected chi connectivity index (χ2v) is 8.46. The molecule has 3 aliphatic rings. The maximum Gasteiger partial charge on any atom is 0.0644 e. The lowest BCUT2D eigenvalue weighted by Gasteiger charge is -2.39. The van der Waals surface area contributed by atoms with Gasteiger partial charge in [0.2, 0.25) is 0 Å². The Morgan fingerprint density at radius 1 is 1.27 bits per heavy atom. The molecule has 0 saturated heterocycles. The smallest absolute Gasteiger partial charge is 0.0644 e. The minimum atomic E-state index is -0.237. The van der Waals surface area contributed by atoms with E-state index >= 15 is 0 Å². The molecule has 0 bridgehead atoms. The number of fused-ring (bicyclic) bond motifs is 2. The number of hydrogen-bond donors (Lipinski definition) is 2. The normalized spacial score (nSPS) is 39.1. The van der Waals surface area contributed by atoms with E-state index in [0.717, 1.165) is 25.7 Å². The summed E-state index contributed by atoms with van der Waals surface area (Å²) in [5.41, 5.74) is 6.09. The molecule has 1 fully saturated rings. The fourth-order valence-corrected chi connectivity index (χ4v) is 5.34. The van der Waals surface area contributed by atoms with Crippen molar-refractivity contribution < 1.29 is 10.2 Å². The molecule has 22 heavy (non-hydrogen) atoms. The SMILES string of the molecule is CC(C)C1=C2C[C@H](O)[C@H](C)[C@@H]3CCC(CO)=C3C[C@@]2(C)CC1. The van der Waals surface area contributed by atoms with Gasteiger partial charge >= 0.3 is 0 Å². The fourth-order valence-electron chi connectivity index (χ4n) is 5.34. The number of allylic oxidation sites excluding steroid dienone is 2. The van der Waals surface area contributed by atoms with Gasteiger partial charge in [-0.3, -0.25) is 0 Å². The summed E-state index contributed by atoms with van der Waals surface area (Å²) in [4.78, 5) is 0. The van der Waals surface area contributed by atoms with Crippen LogP contribution in [0.25, 0.3) is 0 Å². The first-order chi connectivity index (χ1) is 10.4. The highest BCUT2D eigenvalue weighted by molar-refractivity contribution is 5.36. The first-order valence-corrected chi connectivity index (χ1v) is 9.09. The van der Waals surface area contributed by atoms with Crippen molar-refractivity contribution >= 4 is 0 Å². The average Bonchev–Trinajstić information content (AvgIpc) is 2.99. The van der Waals surface area contributed by atoms with E-state index in [1.54, 1.807) is 5.57 Å². The molecule has 0 aromatic rings. The van der Waals surface area contributed by atoms with Crippen LogP contribution in [0.2, 0.25) is 0 Å². The van der Waals surface area contributed by atoms with Crippen molar-refractivity contribution in [3.05, 3.63) is 22.3 Å². The third-order valence-corrected chi connectivity index (χ3v) is 6.84. The summed E-state index contributed by atoms with van der Waals surface area (Å²) < 4.78 is 0. The van der Waals surface area contributed by atoms with E-state index in [4.69, 9.17) is 0 Å². The van der Waals surface area contributed by atoms with Gasteiger partial charge in [0.05, 0.1) is 12.7 Å². The number of aliphatic hydroxyl groups excluding tert-OH is 2. The monoisotopic (exact) mass is 304 g/mol. The lowest BCUT2D eigenvalue weighted by atomic mass is 9.67. The van der Waals surface area contributed by atoms with Gasteiger partial charge in [-0.2, -0.15) is 0 Å². The van der Waals surface area contributed by atoms with Gasteiger partial charge in [0, 0.05) is 0 Å². The zero-order valence-corrected chi connectivity index (χ0v) is 14.7. The summed E-state index contributed by atoms with van der Waals surface area (Å²) >= 11 is 0. The Balaban J connectivity index is 2.06. The quantitative estimate of drug-likeness (QED) is 0.750. The van der Waals surface area contributed by atoms with Gasteiger partial charge < -0.3 is 10.2 Å². The first kappa shape index (κ1) is 16.3. The van der Waals surface area contributed by atoms with Crippen molar-refractivity contribution in [2.24, 2.45) is 23.2 Å². The fraction of sp³-hybridized carbons (Fsp3) is 0.800. The number of hydrogen-bond acceptors (Lipinski definition) is 2. The molecule has 0 spiro atoms. The van der Waals surface area contributed by atoms with Gasteiger partial charge in [-0.25, -0.2) is 0 Å². The molecule has 0 radical (unpaired) electrons. The van der Waals surface area contributed by atoms with Crippen LogP contribution in [0.1, 0.15) is 66.2 Å². The minimum absolute atomic E-state index is 0.207. The van der Waals surface area contributed by atoms with E-state index in [1.165, 1.54) is 29.6 Å². The van der Waals surface area contributed by atoms with Gasteiger partial charge in [0.1, 0.15) is 0 Å². The summed E-state index contributed by atoms with van der Waals surface area (Å²) in [6.45, 7) is 9.40. The third-order valence-electron chi connectivity index (χ3n) is 6.84. The minimum Gasteiger partial charge on any atom is -0.392 e. The van der Waals surface area contributed by atoms with E-state index in [9.17, 15) is 10.2 Å². The van der Waals surface area contributed by atoms with Crippen LogP contribution in [0.5, 0.6) is 0 Å². The molecule has 124 valence electrons. The van der Waals surface area contributed by atoms with Gasteiger partial charge in [0.25, 0.3) is 0 Å². The van der Waals surface area contributed by atoms with Crippen molar-refractivity contribution in [1.29, 1.82) is 0 Å². The molecule has 0 heterocycles. The van der Waals surface area contributed by atoms with Crippen LogP contribution in [0, 0.1) is 23.2 Å². The molecular formula is C20H32O2. The molecule has 0 aromatic heterocycles. The van der Waals surface area contributed by atoms with Gasteiger partial charge in [-0.1, -0.05) is 44.4 Å². The molecule has 1 saturated carbocycles. The maximum absolute atomic E-state index is 10.8. The molecule has 2 N–H and O–H groups in total.